The van der Waals surface area contributed by atoms with Gasteiger partial charge in [0.1, 0.15) is 5.82 Å². The number of rotatable bonds is 3. The fraction of sp³-hybridized carbons (Fsp3) is 0.556. The van der Waals surface area contributed by atoms with Crippen molar-refractivity contribution in [2.45, 2.75) is 26.4 Å². The Labute approximate surface area is 86.7 Å². The van der Waals surface area contributed by atoms with Crippen LogP contribution in [-0.4, -0.2) is 17.1 Å². The molecule has 1 aromatic heterocycles. The summed E-state index contributed by atoms with van der Waals surface area (Å²) in [7, 11) is 1.66. The Kier molecular flexibility index (Phi) is 3.81. The Hall–Kier alpha value is -0.480. The molecule has 0 aliphatic carbocycles. The first-order chi connectivity index (χ1) is 6.15. The molecule has 0 N–H and O–H groups in total. The second-order valence-corrected chi connectivity index (χ2v) is 3.96. The van der Waals surface area contributed by atoms with Gasteiger partial charge in [-0.25, -0.2) is 9.97 Å². The minimum atomic E-state index is 0.351. The van der Waals surface area contributed by atoms with E-state index in [9.17, 15) is 0 Å². The molecule has 0 bridgehead atoms. The van der Waals surface area contributed by atoms with Crippen LogP contribution in [0.15, 0.2) is 10.7 Å². The van der Waals surface area contributed by atoms with Crippen molar-refractivity contribution in [2.24, 2.45) is 0 Å². The highest BCUT2D eigenvalue weighted by atomic mass is 79.9. The van der Waals surface area contributed by atoms with Crippen LogP contribution in [0.1, 0.15) is 31.3 Å². The normalized spacial score (nSPS) is 10.8. The van der Waals surface area contributed by atoms with Crippen LogP contribution in [0.5, 0.6) is 0 Å². The second-order valence-electron chi connectivity index (χ2n) is 3.11. The highest BCUT2D eigenvalue weighted by Gasteiger charge is 2.07. The lowest BCUT2D eigenvalue weighted by Crippen LogP contribution is -2.02. The first-order valence-electron chi connectivity index (χ1n) is 4.15. The molecule has 0 saturated heterocycles. The van der Waals surface area contributed by atoms with E-state index < -0.39 is 0 Å². The van der Waals surface area contributed by atoms with Crippen molar-refractivity contribution >= 4 is 15.9 Å². The summed E-state index contributed by atoms with van der Waals surface area (Å²) in [5.41, 5.74) is 0.904. The maximum Gasteiger partial charge on any atom is 0.131 e. The molecular weight excluding hydrogens is 232 g/mol. The Morgan fingerprint density at radius 2 is 2.23 bits per heavy atom. The third-order valence-corrected chi connectivity index (χ3v) is 2.30. The van der Waals surface area contributed by atoms with Crippen LogP contribution in [0.2, 0.25) is 0 Å². The molecule has 0 unspecified atom stereocenters. The van der Waals surface area contributed by atoms with Crippen LogP contribution in [0.25, 0.3) is 0 Å². The van der Waals surface area contributed by atoms with E-state index in [1.165, 1.54) is 0 Å². The molecule has 0 aromatic carbocycles. The molecule has 72 valence electrons. The number of hydrogen-bond acceptors (Lipinski definition) is 3. The number of hydrogen-bond donors (Lipinski definition) is 0. The summed E-state index contributed by atoms with van der Waals surface area (Å²) in [6.07, 6.45) is 1.77. The second kappa shape index (κ2) is 4.67. The number of nitrogens with zero attached hydrogens (tertiary/aromatic N) is 2. The SMILES string of the molecule is COCc1nc(C(C)C)ncc1Br. The molecule has 1 heterocycles. The first-order valence-corrected chi connectivity index (χ1v) is 4.94. The van der Waals surface area contributed by atoms with Crippen LogP contribution in [-0.2, 0) is 11.3 Å². The Bertz CT molecular complexity index is 289. The lowest BCUT2D eigenvalue weighted by atomic mass is 10.2. The van der Waals surface area contributed by atoms with Crippen LogP contribution in [0.3, 0.4) is 0 Å². The van der Waals surface area contributed by atoms with Gasteiger partial charge in [0.25, 0.3) is 0 Å². The summed E-state index contributed by atoms with van der Waals surface area (Å²) in [6.45, 7) is 4.66. The van der Waals surface area contributed by atoms with Crippen molar-refractivity contribution in [2.75, 3.05) is 7.11 Å². The van der Waals surface area contributed by atoms with E-state index in [-0.39, 0.29) is 0 Å². The fourth-order valence-electron chi connectivity index (χ4n) is 0.934. The molecule has 0 fully saturated rings. The summed E-state index contributed by atoms with van der Waals surface area (Å²) in [5, 5.41) is 0. The highest BCUT2D eigenvalue weighted by Crippen LogP contribution is 2.17. The Balaban J connectivity index is 2.97. The van der Waals surface area contributed by atoms with Crippen LogP contribution < -0.4 is 0 Å². The van der Waals surface area contributed by atoms with E-state index in [1.54, 1.807) is 13.3 Å². The summed E-state index contributed by atoms with van der Waals surface area (Å²) < 4.78 is 5.92. The van der Waals surface area contributed by atoms with Crippen molar-refractivity contribution in [3.63, 3.8) is 0 Å². The lowest BCUT2D eigenvalue weighted by molar-refractivity contribution is 0.180. The Morgan fingerprint density at radius 1 is 1.54 bits per heavy atom. The molecule has 0 aliphatic heterocycles. The summed E-state index contributed by atoms with van der Waals surface area (Å²) in [5.74, 6) is 1.21. The van der Waals surface area contributed by atoms with Gasteiger partial charge in [-0.2, -0.15) is 0 Å². The van der Waals surface area contributed by atoms with Gasteiger partial charge in [0.15, 0.2) is 0 Å². The van der Waals surface area contributed by atoms with Gasteiger partial charge in [-0.1, -0.05) is 13.8 Å². The van der Waals surface area contributed by atoms with Crippen molar-refractivity contribution in [3.8, 4) is 0 Å². The number of halogens is 1. The van der Waals surface area contributed by atoms with Gasteiger partial charge in [0, 0.05) is 19.2 Å². The zero-order valence-corrected chi connectivity index (χ0v) is 9.63. The molecule has 0 atom stereocenters. The maximum atomic E-state index is 5.02. The van der Waals surface area contributed by atoms with E-state index in [2.05, 4.69) is 39.7 Å². The van der Waals surface area contributed by atoms with E-state index in [4.69, 9.17) is 4.74 Å². The molecule has 13 heavy (non-hydrogen) atoms. The molecule has 4 heteroatoms. The molecule has 0 spiro atoms. The number of ether oxygens (including phenoxy) is 1. The predicted molar refractivity (Wildman–Crippen MR) is 54.5 cm³/mol. The minimum Gasteiger partial charge on any atom is -0.378 e. The van der Waals surface area contributed by atoms with Gasteiger partial charge < -0.3 is 4.74 Å². The topological polar surface area (TPSA) is 35.0 Å². The average molecular weight is 245 g/mol. The summed E-state index contributed by atoms with van der Waals surface area (Å²) in [4.78, 5) is 8.59. The molecule has 0 saturated carbocycles. The molecular formula is C9H13BrN2O. The van der Waals surface area contributed by atoms with Crippen LogP contribution in [0, 0.1) is 0 Å². The van der Waals surface area contributed by atoms with Gasteiger partial charge in [0.2, 0.25) is 0 Å². The first kappa shape index (κ1) is 10.6. The van der Waals surface area contributed by atoms with Crippen molar-refractivity contribution in [1.29, 1.82) is 0 Å². The smallest absolute Gasteiger partial charge is 0.131 e. The quantitative estimate of drug-likeness (QED) is 0.820. The van der Waals surface area contributed by atoms with E-state index in [1.807, 2.05) is 0 Å². The molecule has 1 rings (SSSR count). The third-order valence-electron chi connectivity index (χ3n) is 1.63. The number of aromatic nitrogens is 2. The Morgan fingerprint density at radius 3 is 2.77 bits per heavy atom. The molecule has 3 nitrogen and oxygen atoms in total. The monoisotopic (exact) mass is 244 g/mol. The molecule has 0 aliphatic rings. The summed E-state index contributed by atoms with van der Waals surface area (Å²) >= 11 is 3.38. The van der Waals surface area contributed by atoms with E-state index >= 15 is 0 Å². The molecule has 0 radical (unpaired) electrons. The zero-order valence-electron chi connectivity index (χ0n) is 8.04. The predicted octanol–water partition coefficient (Wildman–Crippen LogP) is 2.51. The van der Waals surface area contributed by atoms with E-state index in [0.717, 1.165) is 16.0 Å². The summed E-state index contributed by atoms with van der Waals surface area (Å²) in [6, 6.07) is 0. The third kappa shape index (κ3) is 2.74. The lowest BCUT2D eigenvalue weighted by Gasteiger charge is -2.07. The van der Waals surface area contributed by atoms with Crippen molar-refractivity contribution in [1.82, 2.24) is 9.97 Å². The molecule has 0 amide bonds. The van der Waals surface area contributed by atoms with Crippen molar-refractivity contribution in [3.05, 3.63) is 22.2 Å². The van der Waals surface area contributed by atoms with Gasteiger partial charge >= 0.3 is 0 Å². The minimum absolute atomic E-state index is 0.351. The number of methoxy groups -OCH3 is 1. The zero-order chi connectivity index (χ0) is 9.84. The fourth-order valence-corrected chi connectivity index (χ4v) is 1.24. The standard InChI is InChI=1S/C9H13BrN2O/c1-6(2)9-11-4-7(10)8(12-9)5-13-3/h4,6H,5H2,1-3H3. The van der Waals surface area contributed by atoms with Crippen molar-refractivity contribution < 1.29 is 4.74 Å². The van der Waals surface area contributed by atoms with Gasteiger partial charge in [-0.15, -0.1) is 0 Å². The van der Waals surface area contributed by atoms with Gasteiger partial charge in [0.05, 0.1) is 16.8 Å². The average Bonchev–Trinajstić information content (AvgIpc) is 2.08. The maximum absolute atomic E-state index is 5.02. The molecule has 1 aromatic rings. The van der Waals surface area contributed by atoms with E-state index in [0.29, 0.717) is 12.5 Å². The van der Waals surface area contributed by atoms with Crippen LogP contribution in [0.4, 0.5) is 0 Å². The largest absolute Gasteiger partial charge is 0.378 e. The highest BCUT2D eigenvalue weighted by molar-refractivity contribution is 9.10. The van der Waals surface area contributed by atoms with Gasteiger partial charge in [-0.3, -0.25) is 0 Å². The van der Waals surface area contributed by atoms with Crippen LogP contribution >= 0.6 is 15.9 Å². The van der Waals surface area contributed by atoms with Gasteiger partial charge in [-0.05, 0) is 15.9 Å².